The van der Waals surface area contributed by atoms with Gasteiger partial charge in [0, 0.05) is 0 Å². The van der Waals surface area contributed by atoms with E-state index in [1.165, 1.54) is 22.5 Å². The van der Waals surface area contributed by atoms with Crippen molar-refractivity contribution in [2.75, 3.05) is 26.2 Å². The van der Waals surface area contributed by atoms with E-state index in [-0.39, 0.29) is 10.5 Å². The van der Waals surface area contributed by atoms with Crippen LogP contribution in [0.3, 0.4) is 0 Å². The van der Waals surface area contributed by atoms with Crippen molar-refractivity contribution in [3.63, 3.8) is 0 Å². The molecule has 28 heavy (non-hydrogen) atoms. The Hall–Kier alpha value is -2.62. The molecule has 1 saturated heterocycles. The molecule has 1 fully saturated rings. The summed E-state index contributed by atoms with van der Waals surface area (Å²) in [5.74, 6) is 0.0109. The number of halogens is 1. The minimum atomic E-state index is -3.71. The molecule has 2 heterocycles. The zero-order valence-corrected chi connectivity index (χ0v) is 15.9. The quantitative estimate of drug-likeness (QED) is 0.649. The molecule has 0 bridgehead atoms. The van der Waals surface area contributed by atoms with E-state index in [0.29, 0.717) is 49.5 Å². The van der Waals surface area contributed by atoms with Gasteiger partial charge in [-0.1, -0.05) is 18.2 Å². The number of hydrogen-bond acceptors (Lipinski definition) is 4. The number of H-pyrrole nitrogens is 1. The van der Waals surface area contributed by atoms with Gasteiger partial charge in [-0.15, -0.1) is 0 Å². The highest BCUT2D eigenvalue weighted by Crippen LogP contribution is 2.16. The molecular weight excluding hydrogens is 383 g/mol. The first kappa shape index (κ1) is 18.7. The first-order valence-corrected chi connectivity index (χ1v) is 10.4. The minimum Gasteiger partial charge on any atom is -0.326 e. The lowest BCUT2D eigenvalue weighted by molar-refractivity contribution is -0.917. The zero-order valence-electron chi connectivity index (χ0n) is 15.1. The number of hydrogen-bond donors (Lipinski definition) is 2. The Bertz CT molecular complexity index is 1170. The molecule has 3 aromatic rings. The summed E-state index contributed by atoms with van der Waals surface area (Å²) in [6.45, 7) is 2.31. The van der Waals surface area contributed by atoms with E-state index < -0.39 is 15.8 Å². The van der Waals surface area contributed by atoms with Crippen LogP contribution in [0.25, 0.3) is 10.9 Å². The Morgan fingerprint density at radius 2 is 1.86 bits per heavy atom. The van der Waals surface area contributed by atoms with Gasteiger partial charge in [-0.25, -0.2) is 17.8 Å². The summed E-state index contributed by atoms with van der Waals surface area (Å²) in [6.07, 6.45) is 0. The molecule has 9 heteroatoms. The smallest absolute Gasteiger partial charge is 0.258 e. The number of aromatic nitrogens is 2. The molecule has 7 nitrogen and oxygen atoms in total. The summed E-state index contributed by atoms with van der Waals surface area (Å²) < 4.78 is 40.1. The number of para-hydroxylation sites is 1. The molecule has 1 aliphatic heterocycles. The van der Waals surface area contributed by atoms with E-state index >= 15 is 0 Å². The molecule has 146 valence electrons. The fourth-order valence-electron chi connectivity index (χ4n) is 3.45. The lowest BCUT2D eigenvalue weighted by atomic mass is 10.2. The van der Waals surface area contributed by atoms with E-state index in [1.807, 2.05) is 6.07 Å². The molecule has 0 spiro atoms. The highest BCUT2D eigenvalue weighted by atomic mass is 32.2. The fourth-order valence-corrected chi connectivity index (χ4v) is 4.92. The van der Waals surface area contributed by atoms with Gasteiger partial charge in [-0.3, -0.25) is 4.79 Å². The van der Waals surface area contributed by atoms with Crippen molar-refractivity contribution in [1.29, 1.82) is 0 Å². The Labute approximate surface area is 161 Å². The fraction of sp³-hybridized carbons (Fsp3) is 0.263. The van der Waals surface area contributed by atoms with Gasteiger partial charge < -0.3 is 9.88 Å². The lowest BCUT2D eigenvalue weighted by Crippen LogP contribution is -3.13. The maximum Gasteiger partial charge on any atom is 0.258 e. The average Bonchev–Trinajstić information content (AvgIpc) is 2.68. The highest BCUT2D eigenvalue weighted by molar-refractivity contribution is 7.89. The van der Waals surface area contributed by atoms with Crippen LogP contribution in [0.5, 0.6) is 0 Å². The van der Waals surface area contributed by atoms with E-state index in [9.17, 15) is 17.6 Å². The monoisotopic (exact) mass is 403 g/mol. The van der Waals surface area contributed by atoms with Crippen molar-refractivity contribution >= 4 is 20.9 Å². The number of rotatable bonds is 4. The predicted molar refractivity (Wildman–Crippen MR) is 102 cm³/mol. The first-order chi connectivity index (χ1) is 13.4. The number of nitrogens with zero attached hydrogens (tertiary/aromatic N) is 2. The number of benzene rings is 2. The molecule has 0 amide bonds. The third-order valence-corrected chi connectivity index (χ3v) is 6.84. The number of nitrogens with one attached hydrogen (secondary N) is 2. The van der Waals surface area contributed by atoms with Gasteiger partial charge in [0.05, 0.1) is 42.0 Å². The van der Waals surface area contributed by atoms with Crippen molar-refractivity contribution in [2.24, 2.45) is 0 Å². The standard InChI is InChI=1S/C19H19FN4O3S/c20-14-4-3-5-15(12-14)28(26,27)24-10-8-23(9-11-24)13-18-21-17-7-2-1-6-16(17)19(25)22-18/h1-7,12H,8-11,13H2,(H,21,22,25)/p+1. The third-order valence-electron chi connectivity index (χ3n) is 4.94. The highest BCUT2D eigenvalue weighted by Gasteiger charge is 2.30. The molecule has 2 N–H and O–H groups in total. The molecule has 0 saturated carbocycles. The van der Waals surface area contributed by atoms with Gasteiger partial charge in [0.2, 0.25) is 10.0 Å². The second kappa shape index (κ2) is 7.42. The van der Waals surface area contributed by atoms with Gasteiger partial charge in [0.1, 0.15) is 12.4 Å². The zero-order chi connectivity index (χ0) is 19.7. The Kier molecular flexibility index (Phi) is 4.96. The SMILES string of the molecule is O=c1[nH]c(C[NH+]2CCN(S(=O)(=O)c3cccc(F)c3)CC2)nc2ccccc12. The van der Waals surface area contributed by atoms with Gasteiger partial charge in [-0.05, 0) is 30.3 Å². The normalized spacial score (nSPS) is 16.5. The van der Waals surface area contributed by atoms with Gasteiger partial charge in [0.15, 0.2) is 5.82 Å². The summed E-state index contributed by atoms with van der Waals surface area (Å²) in [7, 11) is -3.71. The van der Waals surface area contributed by atoms with E-state index in [0.717, 1.165) is 11.0 Å². The van der Waals surface area contributed by atoms with Crippen LogP contribution in [-0.2, 0) is 16.6 Å². The van der Waals surface area contributed by atoms with Crippen LogP contribution in [0.1, 0.15) is 5.82 Å². The maximum atomic E-state index is 13.4. The minimum absolute atomic E-state index is 0.0310. The summed E-state index contributed by atoms with van der Waals surface area (Å²) in [5, 5.41) is 0.548. The molecular formula is C19H20FN4O3S+. The summed E-state index contributed by atoms with van der Waals surface area (Å²) in [5.41, 5.74) is 0.472. The Balaban J connectivity index is 1.45. The predicted octanol–water partition coefficient (Wildman–Crippen LogP) is 0.152. The molecule has 4 rings (SSSR count). The van der Waals surface area contributed by atoms with Crippen LogP contribution in [0.15, 0.2) is 58.2 Å². The van der Waals surface area contributed by atoms with Crippen LogP contribution < -0.4 is 10.5 Å². The summed E-state index contributed by atoms with van der Waals surface area (Å²) in [4.78, 5) is 20.6. The van der Waals surface area contributed by atoms with Crippen molar-refractivity contribution in [1.82, 2.24) is 14.3 Å². The Morgan fingerprint density at radius 3 is 2.61 bits per heavy atom. The van der Waals surface area contributed by atoms with Gasteiger partial charge >= 0.3 is 0 Å². The van der Waals surface area contributed by atoms with Crippen LogP contribution in [0, 0.1) is 5.82 Å². The van der Waals surface area contributed by atoms with E-state index in [2.05, 4.69) is 9.97 Å². The van der Waals surface area contributed by atoms with Crippen molar-refractivity contribution in [2.45, 2.75) is 11.4 Å². The first-order valence-electron chi connectivity index (χ1n) is 9.01. The third kappa shape index (κ3) is 3.68. The Morgan fingerprint density at radius 1 is 1.11 bits per heavy atom. The van der Waals surface area contributed by atoms with Crippen LogP contribution in [-0.4, -0.2) is 48.9 Å². The number of piperazine rings is 1. The van der Waals surface area contributed by atoms with E-state index in [1.54, 1.807) is 18.2 Å². The summed E-state index contributed by atoms with van der Waals surface area (Å²) in [6, 6.07) is 12.2. The lowest BCUT2D eigenvalue weighted by Gasteiger charge is -2.31. The molecule has 1 aromatic heterocycles. The van der Waals surface area contributed by atoms with Crippen LogP contribution >= 0.6 is 0 Å². The van der Waals surface area contributed by atoms with Crippen LogP contribution in [0.2, 0.25) is 0 Å². The topological polar surface area (TPSA) is 87.6 Å². The van der Waals surface area contributed by atoms with Gasteiger partial charge in [-0.2, -0.15) is 4.31 Å². The van der Waals surface area contributed by atoms with Crippen LogP contribution in [0.4, 0.5) is 4.39 Å². The summed E-state index contributed by atoms with van der Waals surface area (Å²) >= 11 is 0. The largest absolute Gasteiger partial charge is 0.326 e. The molecule has 0 atom stereocenters. The second-order valence-corrected chi connectivity index (χ2v) is 8.76. The maximum absolute atomic E-state index is 13.4. The van der Waals surface area contributed by atoms with Crippen molar-refractivity contribution < 1.29 is 17.7 Å². The number of aromatic amines is 1. The van der Waals surface area contributed by atoms with Crippen molar-refractivity contribution in [3.05, 3.63) is 70.5 Å². The number of sulfonamides is 1. The average molecular weight is 403 g/mol. The number of quaternary nitrogens is 1. The molecule has 0 radical (unpaired) electrons. The van der Waals surface area contributed by atoms with E-state index in [4.69, 9.17) is 0 Å². The molecule has 2 aromatic carbocycles. The molecule has 1 aliphatic rings. The number of fused-ring (bicyclic) bond motifs is 1. The molecule has 0 aliphatic carbocycles. The second-order valence-electron chi connectivity index (χ2n) is 6.82. The molecule has 0 unspecified atom stereocenters. The van der Waals surface area contributed by atoms with Gasteiger partial charge in [0.25, 0.3) is 5.56 Å². The van der Waals surface area contributed by atoms with Crippen molar-refractivity contribution in [3.8, 4) is 0 Å².